The van der Waals surface area contributed by atoms with Crippen LogP contribution in [0.25, 0.3) is 0 Å². The molecule has 0 fully saturated rings. The van der Waals surface area contributed by atoms with Crippen LogP contribution >= 0.6 is 23.2 Å². The zero-order valence-corrected chi connectivity index (χ0v) is 13.4. The van der Waals surface area contributed by atoms with E-state index in [0.717, 1.165) is 0 Å². The Hall–Kier alpha value is -1.17. The summed E-state index contributed by atoms with van der Waals surface area (Å²) < 4.78 is 5.50. The quantitative estimate of drug-likeness (QED) is 0.640. The van der Waals surface area contributed by atoms with Gasteiger partial charge in [0.15, 0.2) is 0 Å². The van der Waals surface area contributed by atoms with Crippen LogP contribution in [-0.4, -0.2) is 36.9 Å². The van der Waals surface area contributed by atoms with Crippen molar-refractivity contribution in [1.29, 1.82) is 0 Å². The molecule has 0 heterocycles. The van der Waals surface area contributed by atoms with Crippen molar-refractivity contribution in [1.82, 2.24) is 10.6 Å². The summed E-state index contributed by atoms with van der Waals surface area (Å²) in [5, 5.41) is 15.2. The molecule has 0 unspecified atom stereocenters. The third-order valence-electron chi connectivity index (χ3n) is 2.70. The molecule has 0 saturated heterocycles. The number of carbonyl (C=O) groups is 1. The van der Waals surface area contributed by atoms with Crippen LogP contribution < -0.4 is 15.4 Å². The molecule has 0 aliphatic rings. The number of aliphatic hydroxyl groups is 1. The zero-order valence-electron chi connectivity index (χ0n) is 11.9. The van der Waals surface area contributed by atoms with Gasteiger partial charge < -0.3 is 20.5 Å². The molecule has 1 aromatic rings. The first-order chi connectivity index (χ1) is 10.0. The van der Waals surface area contributed by atoms with E-state index in [0.29, 0.717) is 41.8 Å². The second-order valence-electron chi connectivity index (χ2n) is 4.59. The number of ether oxygens (including phenoxy) is 1. The number of aliphatic hydroxyl groups excluding tert-OH is 1. The van der Waals surface area contributed by atoms with Gasteiger partial charge in [-0.2, -0.15) is 0 Å². The molecule has 0 radical (unpaired) electrons. The molecule has 0 bridgehead atoms. The van der Waals surface area contributed by atoms with Gasteiger partial charge in [0.05, 0.1) is 11.6 Å². The summed E-state index contributed by atoms with van der Waals surface area (Å²) in [7, 11) is 0. The van der Waals surface area contributed by atoms with E-state index >= 15 is 0 Å². The van der Waals surface area contributed by atoms with Crippen LogP contribution in [0.15, 0.2) is 18.2 Å². The lowest BCUT2D eigenvalue weighted by molar-refractivity contribution is 0.229. The second-order valence-corrected chi connectivity index (χ2v) is 5.43. The first-order valence-electron chi connectivity index (χ1n) is 6.76. The minimum atomic E-state index is -0.250. The Morgan fingerprint density at radius 3 is 2.86 bits per heavy atom. The smallest absolute Gasteiger partial charge is 0.314 e. The molecule has 118 valence electrons. The summed E-state index contributed by atoms with van der Waals surface area (Å²) in [6.07, 6.45) is 1.19. The van der Waals surface area contributed by atoms with Crippen molar-refractivity contribution in [3.8, 4) is 5.75 Å². The van der Waals surface area contributed by atoms with Gasteiger partial charge in [0, 0.05) is 24.2 Å². The van der Waals surface area contributed by atoms with E-state index in [1.54, 1.807) is 18.2 Å². The SMILES string of the molecule is C[C@H](CCO)NC(=O)NCCCOc1ccc(Cl)cc1Cl. The number of hydrogen-bond acceptors (Lipinski definition) is 3. The van der Waals surface area contributed by atoms with E-state index in [1.165, 1.54) is 0 Å². The fourth-order valence-electron chi connectivity index (χ4n) is 1.59. The molecule has 1 rings (SSSR count). The molecule has 7 heteroatoms. The normalized spacial score (nSPS) is 11.8. The molecule has 5 nitrogen and oxygen atoms in total. The van der Waals surface area contributed by atoms with E-state index in [1.807, 2.05) is 6.92 Å². The van der Waals surface area contributed by atoms with Crippen molar-refractivity contribution < 1.29 is 14.6 Å². The molecule has 0 saturated carbocycles. The molecule has 1 aromatic carbocycles. The Bertz CT molecular complexity index is 458. The van der Waals surface area contributed by atoms with Crippen LogP contribution in [0.4, 0.5) is 4.79 Å². The van der Waals surface area contributed by atoms with E-state index in [9.17, 15) is 4.79 Å². The Balaban J connectivity index is 2.15. The van der Waals surface area contributed by atoms with Gasteiger partial charge in [0.1, 0.15) is 5.75 Å². The van der Waals surface area contributed by atoms with Crippen LogP contribution in [0, 0.1) is 0 Å². The average molecular weight is 335 g/mol. The lowest BCUT2D eigenvalue weighted by Crippen LogP contribution is -2.41. The predicted octanol–water partition coefficient (Wildman–Crippen LogP) is 2.83. The number of rotatable bonds is 8. The van der Waals surface area contributed by atoms with Gasteiger partial charge in [-0.15, -0.1) is 0 Å². The number of halogens is 2. The van der Waals surface area contributed by atoms with Crippen LogP contribution in [0.3, 0.4) is 0 Å². The van der Waals surface area contributed by atoms with E-state index in [-0.39, 0.29) is 18.7 Å². The molecule has 0 aliphatic carbocycles. The lowest BCUT2D eigenvalue weighted by atomic mass is 10.2. The Morgan fingerprint density at radius 1 is 1.43 bits per heavy atom. The standard InChI is InChI=1S/C14H20Cl2N2O3/c1-10(5-7-19)18-14(20)17-6-2-8-21-13-4-3-11(15)9-12(13)16/h3-4,9-10,19H,2,5-8H2,1H3,(H2,17,18,20)/t10-/m1/s1. The van der Waals surface area contributed by atoms with Crippen molar-refractivity contribution in [2.75, 3.05) is 19.8 Å². The van der Waals surface area contributed by atoms with Crippen LogP contribution in [-0.2, 0) is 0 Å². The molecule has 0 aliphatic heterocycles. The number of carbonyl (C=O) groups excluding carboxylic acids is 1. The third kappa shape index (κ3) is 7.41. The summed E-state index contributed by atoms with van der Waals surface area (Å²) in [5.41, 5.74) is 0. The maximum atomic E-state index is 11.5. The van der Waals surface area contributed by atoms with Gasteiger partial charge in [-0.3, -0.25) is 0 Å². The summed E-state index contributed by atoms with van der Waals surface area (Å²) in [6.45, 7) is 2.81. The van der Waals surface area contributed by atoms with E-state index < -0.39 is 0 Å². The van der Waals surface area contributed by atoms with Crippen LogP contribution in [0.2, 0.25) is 10.0 Å². The minimum absolute atomic E-state index is 0.0527. The molecule has 0 aromatic heterocycles. The van der Waals surface area contributed by atoms with Crippen LogP contribution in [0.5, 0.6) is 5.75 Å². The molecular formula is C14H20Cl2N2O3. The fraction of sp³-hybridized carbons (Fsp3) is 0.500. The number of amides is 2. The average Bonchev–Trinajstić information content (AvgIpc) is 2.40. The summed E-state index contributed by atoms with van der Waals surface area (Å²) in [5.74, 6) is 0.571. The maximum Gasteiger partial charge on any atom is 0.314 e. The summed E-state index contributed by atoms with van der Waals surface area (Å²) >= 11 is 11.8. The molecule has 0 spiro atoms. The van der Waals surface area contributed by atoms with E-state index in [2.05, 4.69) is 10.6 Å². The van der Waals surface area contributed by atoms with Crippen molar-refractivity contribution in [2.45, 2.75) is 25.8 Å². The van der Waals surface area contributed by atoms with Gasteiger partial charge in [0.25, 0.3) is 0 Å². The molecular weight excluding hydrogens is 315 g/mol. The molecule has 3 N–H and O–H groups in total. The van der Waals surface area contributed by atoms with Gasteiger partial charge in [-0.1, -0.05) is 23.2 Å². The highest BCUT2D eigenvalue weighted by Crippen LogP contribution is 2.27. The first kappa shape index (κ1) is 17.9. The van der Waals surface area contributed by atoms with Crippen molar-refractivity contribution >= 4 is 29.2 Å². The largest absolute Gasteiger partial charge is 0.492 e. The third-order valence-corrected chi connectivity index (χ3v) is 3.23. The predicted molar refractivity (Wildman–Crippen MR) is 84.3 cm³/mol. The fourth-order valence-corrected chi connectivity index (χ4v) is 2.05. The minimum Gasteiger partial charge on any atom is -0.492 e. The van der Waals surface area contributed by atoms with Crippen molar-refractivity contribution in [3.05, 3.63) is 28.2 Å². The highest BCUT2D eigenvalue weighted by molar-refractivity contribution is 6.35. The Kier molecular flexibility index (Phi) is 8.27. The highest BCUT2D eigenvalue weighted by Gasteiger charge is 2.06. The zero-order chi connectivity index (χ0) is 15.7. The number of hydrogen-bond donors (Lipinski definition) is 3. The van der Waals surface area contributed by atoms with E-state index in [4.69, 9.17) is 33.0 Å². The Morgan fingerprint density at radius 2 is 2.19 bits per heavy atom. The molecule has 2 amide bonds. The monoisotopic (exact) mass is 334 g/mol. The summed E-state index contributed by atoms with van der Waals surface area (Å²) in [6, 6.07) is 4.73. The number of nitrogens with one attached hydrogen (secondary N) is 2. The lowest BCUT2D eigenvalue weighted by Gasteiger charge is -2.13. The number of benzene rings is 1. The molecule has 21 heavy (non-hydrogen) atoms. The summed E-state index contributed by atoms with van der Waals surface area (Å²) in [4.78, 5) is 11.5. The highest BCUT2D eigenvalue weighted by atomic mass is 35.5. The van der Waals surface area contributed by atoms with Crippen LogP contribution in [0.1, 0.15) is 19.8 Å². The maximum absolute atomic E-state index is 11.5. The van der Waals surface area contributed by atoms with Crippen molar-refractivity contribution in [2.24, 2.45) is 0 Å². The van der Waals surface area contributed by atoms with Gasteiger partial charge in [0.2, 0.25) is 0 Å². The van der Waals surface area contributed by atoms with Gasteiger partial charge in [-0.25, -0.2) is 4.79 Å². The van der Waals surface area contributed by atoms with Crippen molar-refractivity contribution in [3.63, 3.8) is 0 Å². The topological polar surface area (TPSA) is 70.6 Å². The molecule has 1 atom stereocenters. The second kappa shape index (κ2) is 9.71. The van der Waals surface area contributed by atoms with Gasteiger partial charge in [-0.05, 0) is 38.0 Å². The Labute approximate surface area is 134 Å². The number of urea groups is 1. The van der Waals surface area contributed by atoms with Gasteiger partial charge >= 0.3 is 6.03 Å². The first-order valence-corrected chi connectivity index (χ1v) is 7.51.